The van der Waals surface area contributed by atoms with Crippen LogP contribution < -0.4 is 4.74 Å². The highest BCUT2D eigenvalue weighted by atomic mass is 16.5. The summed E-state index contributed by atoms with van der Waals surface area (Å²) in [6.07, 6.45) is 7.52. The van der Waals surface area contributed by atoms with Crippen molar-refractivity contribution in [2.24, 2.45) is 0 Å². The minimum absolute atomic E-state index is 0.253. The summed E-state index contributed by atoms with van der Waals surface area (Å²) in [6, 6.07) is 4.33. The van der Waals surface area contributed by atoms with Gasteiger partial charge in [-0.3, -0.25) is 0 Å². The van der Waals surface area contributed by atoms with Crippen molar-refractivity contribution in [1.82, 2.24) is 0 Å². The summed E-state index contributed by atoms with van der Waals surface area (Å²) >= 11 is 0. The summed E-state index contributed by atoms with van der Waals surface area (Å²) in [5.41, 5.74) is 5.23. The number of hydrogen-bond acceptors (Lipinski definition) is 2. The van der Waals surface area contributed by atoms with Gasteiger partial charge in [0.15, 0.2) is 11.5 Å². The van der Waals surface area contributed by atoms with Gasteiger partial charge in [0.25, 0.3) is 0 Å². The largest absolute Gasteiger partial charge is 0.504 e. The van der Waals surface area contributed by atoms with E-state index in [1.165, 1.54) is 22.3 Å². The van der Waals surface area contributed by atoms with Gasteiger partial charge in [-0.15, -0.1) is 0 Å². The predicted molar refractivity (Wildman–Crippen MR) is 105 cm³/mol. The van der Waals surface area contributed by atoms with Crippen LogP contribution in [0.1, 0.15) is 57.7 Å². The van der Waals surface area contributed by atoms with Crippen molar-refractivity contribution in [1.29, 1.82) is 0 Å². The van der Waals surface area contributed by atoms with E-state index in [2.05, 4.69) is 53.9 Å². The fourth-order valence-electron chi connectivity index (χ4n) is 3.29. The highest BCUT2D eigenvalue weighted by molar-refractivity contribution is 5.48. The molecule has 3 heteroatoms. The predicted octanol–water partition coefficient (Wildman–Crippen LogP) is 5.16. The lowest BCUT2D eigenvalue weighted by atomic mass is 9.91. The van der Waals surface area contributed by atoms with Crippen LogP contribution in [0, 0.1) is 0 Å². The summed E-state index contributed by atoms with van der Waals surface area (Å²) in [4.78, 5) is 0. The maximum Gasteiger partial charge on any atom is 0.161 e. The fourth-order valence-corrected chi connectivity index (χ4v) is 3.29. The zero-order valence-electron chi connectivity index (χ0n) is 16.7. The van der Waals surface area contributed by atoms with Crippen LogP contribution in [0.15, 0.2) is 35.4 Å². The Hall–Kier alpha value is -1.74. The molecule has 1 aliphatic heterocycles. The second kappa shape index (κ2) is 8.09. The SMILES string of the molecule is CC(C)=CCC/C(C)=C/COc1cc2c(cc1O)C(C)[N+](C)(C)CC2. The van der Waals surface area contributed by atoms with Gasteiger partial charge in [-0.2, -0.15) is 0 Å². The van der Waals surface area contributed by atoms with Gasteiger partial charge in [-0.1, -0.05) is 17.2 Å². The van der Waals surface area contributed by atoms with E-state index in [1.807, 2.05) is 12.1 Å². The minimum Gasteiger partial charge on any atom is -0.504 e. The number of benzene rings is 1. The lowest BCUT2D eigenvalue weighted by Crippen LogP contribution is -2.46. The Morgan fingerprint density at radius 3 is 2.64 bits per heavy atom. The van der Waals surface area contributed by atoms with E-state index in [0.29, 0.717) is 18.4 Å². The van der Waals surface area contributed by atoms with Gasteiger partial charge in [0.1, 0.15) is 12.6 Å². The van der Waals surface area contributed by atoms with Gasteiger partial charge in [-0.05, 0) is 64.3 Å². The number of phenols is 1. The first-order chi connectivity index (χ1) is 11.7. The minimum atomic E-state index is 0.253. The molecule has 1 heterocycles. The Labute approximate surface area is 153 Å². The number of ether oxygens (including phenoxy) is 1. The number of likely N-dealkylation sites (N-methyl/N-ethyl adjacent to an activating group) is 1. The van der Waals surface area contributed by atoms with Crippen LogP contribution in [0.2, 0.25) is 0 Å². The van der Waals surface area contributed by atoms with Crippen molar-refractivity contribution < 1.29 is 14.3 Å². The first kappa shape index (κ1) is 19.6. The van der Waals surface area contributed by atoms with E-state index in [9.17, 15) is 5.11 Å². The summed E-state index contributed by atoms with van der Waals surface area (Å²) in [6.45, 7) is 10.2. The third-order valence-corrected chi connectivity index (χ3v) is 5.44. The molecule has 1 atom stereocenters. The highest BCUT2D eigenvalue weighted by Gasteiger charge is 2.33. The molecule has 0 fully saturated rings. The number of aromatic hydroxyl groups is 1. The summed E-state index contributed by atoms with van der Waals surface area (Å²) in [5, 5.41) is 10.4. The van der Waals surface area contributed by atoms with Crippen molar-refractivity contribution in [2.75, 3.05) is 27.2 Å². The molecule has 0 bridgehead atoms. The maximum atomic E-state index is 10.4. The molecule has 1 aromatic rings. The van der Waals surface area contributed by atoms with E-state index in [0.717, 1.165) is 30.3 Å². The lowest BCUT2D eigenvalue weighted by molar-refractivity contribution is -0.921. The topological polar surface area (TPSA) is 29.5 Å². The Balaban J connectivity index is 2.01. The molecule has 0 aromatic heterocycles. The number of fused-ring (bicyclic) bond motifs is 1. The van der Waals surface area contributed by atoms with Crippen LogP contribution >= 0.6 is 0 Å². The van der Waals surface area contributed by atoms with Gasteiger partial charge in [0, 0.05) is 12.0 Å². The van der Waals surface area contributed by atoms with Crippen molar-refractivity contribution in [3.63, 3.8) is 0 Å². The van der Waals surface area contributed by atoms with Crippen LogP contribution in [0.25, 0.3) is 0 Å². The Kier molecular flexibility index (Phi) is 6.34. The van der Waals surface area contributed by atoms with Crippen LogP contribution in [-0.2, 0) is 6.42 Å². The molecule has 1 aliphatic rings. The number of phenolic OH excluding ortho intramolecular Hbond substituents is 1. The van der Waals surface area contributed by atoms with E-state index in [1.54, 1.807) is 0 Å². The number of rotatable bonds is 6. The molecule has 0 aliphatic carbocycles. The molecule has 0 spiro atoms. The molecule has 0 saturated carbocycles. The van der Waals surface area contributed by atoms with E-state index in [-0.39, 0.29) is 5.75 Å². The average molecular weight is 345 g/mol. The molecule has 1 unspecified atom stereocenters. The molecule has 1 aromatic carbocycles. The van der Waals surface area contributed by atoms with Crippen LogP contribution in [-0.4, -0.2) is 36.8 Å². The number of quaternary nitrogens is 1. The van der Waals surface area contributed by atoms with Crippen molar-refractivity contribution in [3.05, 3.63) is 46.6 Å². The summed E-state index contributed by atoms with van der Waals surface area (Å²) < 4.78 is 6.80. The molecule has 2 rings (SSSR count). The van der Waals surface area contributed by atoms with E-state index < -0.39 is 0 Å². The first-order valence-corrected chi connectivity index (χ1v) is 9.31. The van der Waals surface area contributed by atoms with Gasteiger partial charge >= 0.3 is 0 Å². The van der Waals surface area contributed by atoms with Gasteiger partial charge in [0.2, 0.25) is 0 Å². The Morgan fingerprint density at radius 2 is 1.96 bits per heavy atom. The summed E-state index contributed by atoms with van der Waals surface area (Å²) in [5.74, 6) is 0.856. The Morgan fingerprint density at radius 1 is 1.24 bits per heavy atom. The highest BCUT2D eigenvalue weighted by Crippen LogP contribution is 2.39. The number of allylic oxidation sites excluding steroid dienone is 3. The van der Waals surface area contributed by atoms with Gasteiger partial charge in [-0.25, -0.2) is 0 Å². The quantitative estimate of drug-likeness (QED) is 0.571. The lowest BCUT2D eigenvalue weighted by Gasteiger charge is -2.41. The molecule has 0 radical (unpaired) electrons. The summed E-state index contributed by atoms with van der Waals surface area (Å²) in [7, 11) is 4.50. The van der Waals surface area contributed by atoms with Crippen molar-refractivity contribution in [3.8, 4) is 11.5 Å². The molecule has 0 amide bonds. The second-order valence-corrected chi connectivity index (χ2v) is 8.13. The molecule has 138 valence electrons. The van der Waals surface area contributed by atoms with Crippen LogP contribution in [0.3, 0.4) is 0 Å². The second-order valence-electron chi connectivity index (χ2n) is 8.13. The van der Waals surface area contributed by atoms with Gasteiger partial charge < -0.3 is 14.3 Å². The fraction of sp³-hybridized carbons (Fsp3) is 0.545. The van der Waals surface area contributed by atoms with Crippen molar-refractivity contribution >= 4 is 0 Å². The van der Waals surface area contributed by atoms with Crippen LogP contribution in [0.4, 0.5) is 0 Å². The molecule has 1 N–H and O–H groups in total. The number of hydrogen-bond donors (Lipinski definition) is 1. The van der Waals surface area contributed by atoms with E-state index >= 15 is 0 Å². The average Bonchev–Trinajstić information content (AvgIpc) is 2.52. The third-order valence-electron chi connectivity index (χ3n) is 5.44. The smallest absolute Gasteiger partial charge is 0.161 e. The number of nitrogens with zero attached hydrogens (tertiary/aromatic N) is 1. The molecule has 3 nitrogen and oxygen atoms in total. The molecule has 25 heavy (non-hydrogen) atoms. The van der Waals surface area contributed by atoms with Crippen LogP contribution in [0.5, 0.6) is 11.5 Å². The van der Waals surface area contributed by atoms with Gasteiger partial charge in [0.05, 0.1) is 20.6 Å². The van der Waals surface area contributed by atoms with Crippen molar-refractivity contribution in [2.45, 2.75) is 53.0 Å². The third kappa shape index (κ3) is 5.12. The zero-order valence-corrected chi connectivity index (χ0v) is 16.7. The maximum absolute atomic E-state index is 10.4. The molecule has 0 saturated heterocycles. The van der Waals surface area contributed by atoms with E-state index in [4.69, 9.17) is 4.74 Å². The molecular weight excluding hydrogens is 310 g/mol. The zero-order chi connectivity index (χ0) is 18.6. The normalized spacial score (nSPS) is 19.3. The first-order valence-electron chi connectivity index (χ1n) is 9.31. The standard InChI is InChI=1S/C22H33NO2/c1-16(2)8-7-9-17(3)11-13-25-22-14-19-10-12-23(5,6)18(4)20(19)15-21(22)24/h8,11,14-15,18H,7,9-10,12-13H2,1-6H3/p+1/b17-11+. The monoisotopic (exact) mass is 344 g/mol. The Bertz CT molecular complexity index is 667. The molecular formula is C22H34NO2+.